The zero-order chi connectivity index (χ0) is 21.6. The van der Waals surface area contributed by atoms with Crippen molar-refractivity contribution < 1.29 is 23.6 Å². The Morgan fingerprint density at radius 3 is 2.07 bits per heavy atom. The van der Waals surface area contributed by atoms with E-state index in [4.69, 9.17) is 14.0 Å². The monoisotopic (exact) mass is 422 g/mol. The molecular formula is C20H31BN2O5S. The molecule has 0 unspecified atom stereocenters. The molecule has 2 amide bonds. The van der Waals surface area contributed by atoms with Crippen LogP contribution in [0, 0.1) is 0 Å². The van der Waals surface area contributed by atoms with E-state index in [-0.39, 0.29) is 12.0 Å². The van der Waals surface area contributed by atoms with Crippen LogP contribution in [-0.2, 0) is 14.0 Å². The lowest BCUT2D eigenvalue weighted by Crippen LogP contribution is -2.51. The highest BCUT2D eigenvalue weighted by atomic mass is 32.1. The van der Waals surface area contributed by atoms with Gasteiger partial charge in [0.25, 0.3) is 5.91 Å². The van der Waals surface area contributed by atoms with E-state index in [9.17, 15) is 9.59 Å². The minimum absolute atomic E-state index is 0.0344. The summed E-state index contributed by atoms with van der Waals surface area (Å²) in [6, 6.07) is 1.86. The highest BCUT2D eigenvalue weighted by molar-refractivity contribution is 7.21. The van der Waals surface area contributed by atoms with Crippen LogP contribution < -0.4 is 4.78 Å². The van der Waals surface area contributed by atoms with Gasteiger partial charge in [-0.15, -0.1) is 0 Å². The van der Waals surface area contributed by atoms with Gasteiger partial charge in [-0.25, -0.2) is 4.79 Å². The summed E-state index contributed by atoms with van der Waals surface area (Å²) >= 11 is 1.47. The van der Waals surface area contributed by atoms with Crippen LogP contribution in [0.1, 0.15) is 58.8 Å². The van der Waals surface area contributed by atoms with E-state index >= 15 is 0 Å². The number of hydrogen-bond donors (Lipinski definition) is 0. The van der Waals surface area contributed by atoms with Crippen LogP contribution in [-0.4, -0.2) is 71.9 Å². The Balaban J connectivity index is 1.58. The van der Waals surface area contributed by atoms with Crippen molar-refractivity contribution in [3.63, 3.8) is 0 Å². The fourth-order valence-corrected chi connectivity index (χ4v) is 3.98. The molecular weight excluding hydrogens is 391 g/mol. The summed E-state index contributed by atoms with van der Waals surface area (Å²) < 4.78 is 18.4. The van der Waals surface area contributed by atoms with Crippen molar-refractivity contribution in [2.45, 2.75) is 65.3 Å². The molecule has 0 bridgehead atoms. The van der Waals surface area contributed by atoms with Gasteiger partial charge in [-0.2, -0.15) is 11.3 Å². The SMILES string of the molecule is CC(C)(C)OC(=O)N1CCN(C(=O)c2csc(B3OC(C)(C)C(C)(C)O3)c2)CC1. The molecule has 2 fully saturated rings. The molecule has 0 atom stereocenters. The number of thiophene rings is 1. The maximum Gasteiger partial charge on any atom is 0.505 e. The quantitative estimate of drug-likeness (QED) is 0.686. The molecule has 0 aromatic carbocycles. The fourth-order valence-electron chi connectivity index (χ4n) is 3.15. The minimum atomic E-state index is -0.523. The second kappa shape index (κ2) is 7.59. The van der Waals surface area contributed by atoms with Gasteiger partial charge in [0.15, 0.2) is 0 Å². The number of nitrogens with zero attached hydrogens (tertiary/aromatic N) is 2. The fraction of sp³-hybridized carbons (Fsp3) is 0.700. The van der Waals surface area contributed by atoms with Gasteiger partial charge in [0, 0.05) is 41.9 Å². The van der Waals surface area contributed by atoms with E-state index in [2.05, 4.69) is 0 Å². The lowest BCUT2D eigenvalue weighted by Gasteiger charge is -2.35. The zero-order valence-corrected chi connectivity index (χ0v) is 19.2. The van der Waals surface area contributed by atoms with Gasteiger partial charge >= 0.3 is 13.2 Å². The molecule has 0 saturated carbocycles. The summed E-state index contributed by atoms with van der Waals surface area (Å²) in [5, 5.41) is 1.85. The lowest BCUT2D eigenvalue weighted by molar-refractivity contribution is 0.00578. The predicted octanol–water partition coefficient (Wildman–Crippen LogP) is 2.74. The van der Waals surface area contributed by atoms with Gasteiger partial charge in [-0.3, -0.25) is 4.79 Å². The number of hydrogen-bond acceptors (Lipinski definition) is 6. The Morgan fingerprint density at radius 1 is 1.03 bits per heavy atom. The van der Waals surface area contributed by atoms with E-state index in [0.29, 0.717) is 31.7 Å². The zero-order valence-electron chi connectivity index (χ0n) is 18.4. The van der Waals surface area contributed by atoms with Gasteiger partial charge in [-0.05, 0) is 54.5 Å². The highest BCUT2D eigenvalue weighted by Gasteiger charge is 2.52. The lowest BCUT2D eigenvalue weighted by atomic mass is 9.87. The molecule has 2 saturated heterocycles. The average Bonchev–Trinajstić information content (AvgIpc) is 3.16. The second-order valence-electron chi connectivity index (χ2n) is 9.59. The van der Waals surface area contributed by atoms with E-state index in [1.165, 1.54) is 11.3 Å². The van der Waals surface area contributed by atoms with E-state index in [1.54, 1.807) is 9.80 Å². The molecule has 9 heteroatoms. The van der Waals surface area contributed by atoms with Crippen molar-refractivity contribution in [1.29, 1.82) is 0 Å². The van der Waals surface area contributed by atoms with E-state index in [1.807, 2.05) is 59.9 Å². The Kier molecular flexibility index (Phi) is 5.79. The van der Waals surface area contributed by atoms with Crippen LogP contribution in [0.3, 0.4) is 0 Å². The number of amides is 2. The Morgan fingerprint density at radius 2 is 1.55 bits per heavy atom. The molecule has 29 heavy (non-hydrogen) atoms. The summed E-state index contributed by atoms with van der Waals surface area (Å²) in [6.07, 6.45) is -0.330. The molecule has 0 N–H and O–H groups in total. The third kappa shape index (κ3) is 4.78. The number of piperazine rings is 1. The van der Waals surface area contributed by atoms with Crippen LogP contribution in [0.5, 0.6) is 0 Å². The summed E-state index contributed by atoms with van der Waals surface area (Å²) in [6.45, 7) is 15.5. The molecule has 3 rings (SSSR count). The van der Waals surface area contributed by atoms with Gasteiger partial charge < -0.3 is 23.8 Å². The topological polar surface area (TPSA) is 68.3 Å². The number of ether oxygens (including phenoxy) is 1. The maximum atomic E-state index is 12.9. The molecule has 0 radical (unpaired) electrons. The molecule has 0 aliphatic carbocycles. The first-order valence-electron chi connectivity index (χ1n) is 10.0. The Hall–Kier alpha value is -1.58. The van der Waals surface area contributed by atoms with E-state index in [0.717, 1.165) is 4.78 Å². The van der Waals surface area contributed by atoms with Gasteiger partial charge in [-0.1, -0.05) is 0 Å². The summed E-state index contributed by atoms with van der Waals surface area (Å²) in [4.78, 5) is 28.5. The molecule has 0 spiro atoms. The molecule has 1 aromatic heterocycles. The third-order valence-electron chi connectivity index (χ3n) is 5.57. The molecule has 160 valence electrons. The number of rotatable bonds is 2. The van der Waals surface area contributed by atoms with Crippen molar-refractivity contribution >= 4 is 35.2 Å². The van der Waals surface area contributed by atoms with Gasteiger partial charge in [0.2, 0.25) is 0 Å². The van der Waals surface area contributed by atoms with Crippen molar-refractivity contribution in [3.05, 3.63) is 17.0 Å². The van der Waals surface area contributed by atoms with Crippen molar-refractivity contribution in [2.24, 2.45) is 0 Å². The Bertz CT molecular complexity index is 762. The summed E-state index contributed by atoms with van der Waals surface area (Å²) in [7, 11) is -0.462. The minimum Gasteiger partial charge on any atom is -0.444 e. The number of carbonyl (C=O) groups excluding carboxylic acids is 2. The van der Waals surface area contributed by atoms with Gasteiger partial charge in [0.05, 0.1) is 11.2 Å². The first kappa shape index (κ1) is 22.1. The molecule has 3 heterocycles. The third-order valence-corrected chi connectivity index (χ3v) is 6.53. The molecule has 2 aliphatic heterocycles. The van der Waals surface area contributed by atoms with Crippen LogP contribution in [0.15, 0.2) is 11.4 Å². The van der Waals surface area contributed by atoms with Crippen molar-refractivity contribution in [3.8, 4) is 0 Å². The largest absolute Gasteiger partial charge is 0.505 e. The Labute approximate surface area is 177 Å². The standard InChI is InChI=1S/C20H31BN2O5S/c1-18(2,3)26-17(25)23-10-8-22(9-11-23)16(24)14-12-15(29-13-14)21-27-19(4,5)20(6,7)28-21/h12-13H,8-11H2,1-7H3. The maximum absolute atomic E-state index is 12.9. The summed E-state index contributed by atoms with van der Waals surface area (Å²) in [5.74, 6) is -0.0344. The van der Waals surface area contributed by atoms with E-state index < -0.39 is 23.9 Å². The first-order valence-corrected chi connectivity index (χ1v) is 10.9. The van der Waals surface area contributed by atoms with Crippen LogP contribution in [0.2, 0.25) is 0 Å². The smallest absolute Gasteiger partial charge is 0.444 e. The predicted molar refractivity (Wildman–Crippen MR) is 114 cm³/mol. The van der Waals surface area contributed by atoms with Crippen molar-refractivity contribution in [2.75, 3.05) is 26.2 Å². The van der Waals surface area contributed by atoms with Crippen LogP contribution >= 0.6 is 11.3 Å². The molecule has 1 aromatic rings. The number of carbonyl (C=O) groups is 2. The molecule has 2 aliphatic rings. The average molecular weight is 422 g/mol. The second-order valence-corrected chi connectivity index (χ2v) is 10.5. The first-order chi connectivity index (χ1) is 13.3. The van der Waals surface area contributed by atoms with Crippen molar-refractivity contribution in [1.82, 2.24) is 9.80 Å². The van der Waals surface area contributed by atoms with Gasteiger partial charge in [0.1, 0.15) is 5.60 Å². The van der Waals surface area contributed by atoms with Crippen LogP contribution in [0.25, 0.3) is 0 Å². The van der Waals surface area contributed by atoms with Crippen LogP contribution in [0.4, 0.5) is 4.79 Å². The highest BCUT2D eigenvalue weighted by Crippen LogP contribution is 2.37. The summed E-state index contributed by atoms with van der Waals surface area (Å²) in [5.41, 5.74) is -0.719. The molecule has 7 nitrogen and oxygen atoms in total. The normalized spacial score (nSPS) is 21.4.